The second-order valence-corrected chi connectivity index (χ2v) is 5.29. The molecule has 0 radical (unpaired) electrons. The van der Waals surface area contributed by atoms with E-state index < -0.39 is 0 Å². The number of likely N-dealkylation sites (N-methyl/N-ethyl adjacent to an activating group) is 1. The van der Waals surface area contributed by atoms with E-state index in [1.807, 2.05) is 13.8 Å². The maximum absolute atomic E-state index is 12.4. The van der Waals surface area contributed by atoms with Crippen LogP contribution in [0.2, 0.25) is 5.02 Å². The van der Waals surface area contributed by atoms with E-state index in [1.165, 1.54) is 0 Å². The molecule has 1 aromatic carbocycles. The lowest BCUT2D eigenvalue weighted by molar-refractivity contribution is 0.0579. The second kappa shape index (κ2) is 7.12. The third kappa shape index (κ3) is 3.70. The summed E-state index contributed by atoms with van der Waals surface area (Å²) in [5.41, 5.74) is 0.591. The van der Waals surface area contributed by atoms with E-state index in [9.17, 15) is 4.79 Å². The van der Waals surface area contributed by atoms with Gasteiger partial charge in [0.1, 0.15) is 0 Å². The fourth-order valence-electron chi connectivity index (χ4n) is 1.78. The van der Waals surface area contributed by atoms with Gasteiger partial charge in [-0.1, -0.05) is 11.6 Å². The number of rotatable bonds is 5. The van der Waals surface area contributed by atoms with Gasteiger partial charge >= 0.3 is 0 Å². The van der Waals surface area contributed by atoms with Gasteiger partial charge < -0.3 is 9.64 Å². The smallest absolute Gasteiger partial charge is 0.254 e. The zero-order valence-electron chi connectivity index (χ0n) is 10.7. The Hall–Kier alpha value is -0.580. The molecule has 1 aromatic rings. The Balaban J connectivity index is 2.92. The number of amides is 1. The number of hydrogen-bond donors (Lipinski definition) is 0. The predicted octanol–water partition coefficient (Wildman–Crippen LogP) is 3.60. The van der Waals surface area contributed by atoms with Crippen LogP contribution in [0.4, 0.5) is 0 Å². The molecule has 5 heteroatoms. The SMILES string of the molecule is CCN(C(=O)c1ccc(Br)c(Cl)c1)C(C)COC. The highest BCUT2D eigenvalue weighted by Crippen LogP contribution is 2.24. The molecule has 0 heterocycles. The van der Waals surface area contributed by atoms with Crippen LogP contribution in [0.1, 0.15) is 24.2 Å². The fraction of sp³-hybridized carbons (Fsp3) is 0.462. The molecule has 1 atom stereocenters. The van der Waals surface area contributed by atoms with Crippen LogP contribution in [0.25, 0.3) is 0 Å². The van der Waals surface area contributed by atoms with Gasteiger partial charge in [-0.3, -0.25) is 4.79 Å². The van der Waals surface area contributed by atoms with Crippen molar-refractivity contribution in [1.29, 1.82) is 0 Å². The first-order valence-corrected chi connectivity index (χ1v) is 6.93. The number of methoxy groups -OCH3 is 1. The van der Waals surface area contributed by atoms with Crippen LogP contribution >= 0.6 is 27.5 Å². The van der Waals surface area contributed by atoms with Gasteiger partial charge in [0.25, 0.3) is 5.91 Å². The lowest BCUT2D eigenvalue weighted by Gasteiger charge is -2.27. The third-order valence-corrected chi connectivity index (χ3v) is 3.94. The largest absolute Gasteiger partial charge is 0.383 e. The van der Waals surface area contributed by atoms with E-state index in [-0.39, 0.29) is 11.9 Å². The molecule has 18 heavy (non-hydrogen) atoms. The van der Waals surface area contributed by atoms with E-state index in [2.05, 4.69) is 15.9 Å². The van der Waals surface area contributed by atoms with Crippen molar-refractivity contribution in [3.63, 3.8) is 0 Å². The number of carbonyl (C=O) groups excluding carboxylic acids is 1. The summed E-state index contributed by atoms with van der Waals surface area (Å²) in [6.07, 6.45) is 0. The van der Waals surface area contributed by atoms with Gasteiger partial charge in [-0.05, 0) is 48.0 Å². The lowest BCUT2D eigenvalue weighted by atomic mass is 10.1. The first-order valence-electron chi connectivity index (χ1n) is 5.76. The van der Waals surface area contributed by atoms with Crippen LogP contribution in [0.3, 0.4) is 0 Å². The quantitative estimate of drug-likeness (QED) is 0.823. The highest BCUT2D eigenvalue weighted by Gasteiger charge is 2.20. The highest BCUT2D eigenvalue weighted by atomic mass is 79.9. The van der Waals surface area contributed by atoms with Crippen molar-refractivity contribution in [2.45, 2.75) is 19.9 Å². The summed E-state index contributed by atoms with van der Waals surface area (Å²) in [5, 5.41) is 0.538. The minimum absolute atomic E-state index is 0.0311. The maximum Gasteiger partial charge on any atom is 0.254 e. The van der Waals surface area contributed by atoms with Crippen molar-refractivity contribution in [3.8, 4) is 0 Å². The van der Waals surface area contributed by atoms with E-state index in [4.69, 9.17) is 16.3 Å². The first-order chi connectivity index (χ1) is 8.51. The summed E-state index contributed by atoms with van der Waals surface area (Å²) in [5.74, 6) is -0.0311. The molecule has 1 rings (SSSR count). The average molecular weight is 335 g/mol. The maximum atomic E-state index is 12.4. The van der Waals surface area contributed by atoms with Crippen LogP contribution in [0.15, 0.2) is 22.7 Å². The minimum atomic E-state index is -0.0311. The zero-order chi connectivity index (χ0) is 13.7. The summed E-state index contributed by atoms with van der Waals surface area (Å²) in [7, 11) is 1.63. The Labute approximate surface area is 121 Å². The molecule has 0 spiro atoms. The summed E-state index contributed by atoms with van der Waals surface area (Å²) in [6.45, 7) is 5.07. The monoisotopic (exact) mass is 333 g/mol. The summed E-state index contributed by atoms with van der Waals surface area (Å²) < 4.78 is 5.87. The van der Waals surface area contributed by atoms with Crippen LogP contribution in [-0.2, 0) is 4.74 Å². The Bertz CT molecular complexity index is 425. The van der Waals surface area contributed by atoms with Crippen molar-refractivity contribution in [1.82, 2.24) is 4.90 Å². The fourth-order valence-corrected chi connectivity index (χ4v) is 2.21. The number of halogens is 2. The molecule has 0 aliphatic heterocycles. The molecular formula is C13H17BrClNO2. The second-order valence-electron chi connectivity index (χ2n) is 4.02. The van der Waals surface area contributed by atoms with Crippen molar-refractivity contribution in [3.05, 3.63) is 33.3 Å². The molecule has 1 unspecified atom stereocenters. The summed E-state index contributed by atoms with van der Waals surface area (Å²) >= 11 is 9.31. The van der Waals surface area contributed by atoms with Gasteiger partial charge in [0.15, 0.2) is 0 Å². The minimum Gasteiger partial charge on any atom is -0.383 e. The van der Waals surface area contributed by atoms with Gasteiger partial charge in [0.05, 0.1) is 17.7 Å². The summed E-state index contributed by atoms with van der Waals surface area (Å²) in [4.78, 5) is 14.1. The number of ether oxygens (including phenoxy) is 1. The number of nitrogens with zero attached hydrogens (tertiary/aromatic N) is 1. The molecule has 0 bridgehead atoms. The number of carbonyl (C=O) groups is 1. The number of hydrogen-bond acceptors (Lipinski definition) is 2. The molecule has 0 aromatic heterocycles. The lowest BCUT2D eigenvalue weighted by Crippen LogP contribution is -2.40. The first kappa shape index (κ1) is 15.5. The average Bonchev–Trinajstić information content (AvgIpc) is 2.33. The molecule has 0 saturated heterocycles. The normalized spacial score (nSPS) is 12.3. The molecule has 0 N–H and O–H groups in total. The van der Waals surface area contributed by atoms with E-state index in [0.717, 1.165) is 4.47 Å². The summed E-state index contributed by atoms with van der Waals surface area (Å²) in [6, 6.07) is 5.26. The van der Waals surface area contributed by atoms with Crippen molar-refractivity contribution < 1.29 is 9.53 Å². The molecule has 0 saturated carbocycles. The topological polar surface area (TPSA) is 29.5 Å². The van der Waals surface area contributed by atoms with E-state index in [1.54, 1.807) is 30.2 Å². The van der Waals surface area contributed by atoms with Crippen LogP contribution in [0, 0.1) is 0 Å². The van der Waals surface area contributed by atoms with E-state index >= 15 is 0 Å². The highest BCUT2D eigenvalue weighted by molar-refractivity contribution is 9.10. The van der Waals surface area contributed by atoms with Gasteiger partial charge in [-0.2, -0.15) is 0 Å². The molecule has 0 aliphatic rings. The van der Waals surface area contributed by atoms with Crippen molar-refractivity contribution in [2.75, 3.05) is 20.3 Å². The van der Waals surface area contributed by atoms with Crippen LogP contribution < -0.4 is 0 Å². The Kier molecular flexibility index (Phi) is 6.12. The van der Waals surface area contributed by atoms with Crippen molar-refractivity contribution in [2.24, 2.45) is 0 Å². The van der Waals surface area contributed by atoms with Gasteiger partial charge in [0, 0.05) is 23.7 Å². The van der Waals surface area contributed by atoms with Crippen LogP contribution in [-0.4, -0.2) is 37.1 Å². The van der Waals surface area contributed by atoms with Gasteiger partial charge in [-0.25, -0.2) is 0 Å². The van der Waals surface area contributed by atoms with Gasteiger partial charge in [0.2, 0.25) is 0 Å². The Morgan fingerprint density at radius 2 is 2.22 bits per heavy atom. The Morgan fingerprint density at radius 3 is 2.72 bits per heavy atom. The van der Waals surface area contributed by atoms with Gasteiger partial charge in [-0.15, -0.1) is 0 Å². The molecule has 1 amide bonds. The van der Waals surface area contributed by atoms with E-state index in [0.29, 0.717) is 23.7 Å². The molecule has 100 valence electrons. The number of benzene rings is 1. The third-order valence-electron chi connectivity index (χ3n) is 2.71. The molecule has 0 fully saturated rings. The molecule has 0 aliphatic carbocycles. The van der Waals surface area contributed by atoms with Crippen molar-refractivity contribution >= 4 is 33.4 Å². The standard InChI is InChI=1S/C13H17BrClNO2/c1-4-16(9(2)8-18-3)13(17)10-5-6-11(14)12(15)7-10/h5-7,9H,4,8H2,1-3H3. The zero-order valence-corrected chi connectivity index (χ0v) is 13.1. The molecule has 3 nitrogen and oxygen atoms in total. The Morgan fingerprint density at radius 1 is 1.56 bits per heavy atom. The predicted molar refractivity (Wildman–Crippen MR) is 77.2 cm³/mol. The molecular weight excluding hydrogens is 318 g/mol. The van der Waals surface area contributed by atoms with Crippen LogP contribution in [0.5, 0.6) is 0 Å².